The summed E-state index contributed by atoms with van der Waals surface area (Å²) in [6.45, 7) is 5.82. The van der Waals surface area contributed by atoms with E-state index in [1.165, 1.54) is 7.11 Å². The van der Waals surface area contributed by atoms with Gasteiger partial charge in [-0.15, -0.1) is 0 Å². The molecule has 0 radical (unpaired) electrons. The third kappa shape index (κ3) is 4.12. The van der Waals surface area contributed by atoms with Crippen molar-refractivity contribution in [2.45, 2.75) is 38.1 Å². The summed E-state index contributed by atoms with van der Waals surface area (Å²) >= 11 is 0. The molecule has 1 atom stereocenters. The highest BCUT2D eigenvalue weighted by Crippen LogP contribution is 2.27. The number of ether oxygens (including phenoxy) is 1. The van der Waals surface area contributed by atoms with E-state index >= 15 is 0 Å². The average molecular weight is 333 g/mol. The van der Waals surface area contributed by atoms with Crippen LogP contribution in [0.4, 0.5) is 0 Å². The van der Waals surface area contributed by atoms with E-state index in [1.807, 2.05) is 51.1 Å². The summed E-state index contributed by atoms with van der Waals surface area (Å²) in [4.78, 5) is 0.172. The molecule has 2 aromatic carbocycles. The summed E-state index contributed by atoms with van der Waals surface area (Å²) in [6.07, 6.45) is 0.663. The van der Waals surface area contributed by atoms with Crippen LogP contribution in [0, 0.1) is 13.8 Å². The van der Waals surface area contributed by atoms with Crippen LogP contribution in [0.5, 0.6) is 5.75 Å². The Morgan fingerprint density at radius 2 is 1.65 bits per heavy atom. The third-order valence-electron chi connectivity index (χ3n) is 3.79. The van der Waals surface area contributed by atoms with E-state index in [0.29, 0.717) is 12.2 Å². The first-order valence-electron chi connectivity index (χ1n) is 7.61. The zero-order valence-corrected chi connectivity index (χ0v) is 14.8. The van der Waals surface area contributed by atoms with Gasteiger partial charge in [0.25, 0.3) is 0 Å². The number of rotatable bonds is 6. The number of methoxy groups -OCH3 is 1. The first kappa shape index (κ1) is 17.5. The van der Waals surface area contributed by atoms with Crippen LogP contribution in [0.15, 0.2) is 47.4 Å². The fourth-order valence-electron chi connectivity index (χ4n) is 2.43. The highest BCUT2D eigenvalue weighted by atomic mass is 32.2. The lowest BCUT2D eigenvalue weighted by molar-refractivity contribution is 0.401. The van der Waals surface area contributed by atoms with Crippen molar-refractivity contribution >= 4 is 10.0 Å². The molecule has 0 bridgehead atoms. The maximum absolute atomic E-state index is 12.8. The van der Waals surface area contributed by atoms with Gasteiger partial charge in [-0.05, 0) is 43.5 Å². The van der Waals surface area contributed by atoms with E-state index < -0.39 is 10.0 Å². The van der Waals surface area contributed by atoms with Crippen LogP contribution in [-0.2, 0) is 10.0 Å². The number of benzene rings is 2. The molecular weight excluding hydrogens is 310 g/mol. The smallest absolute Gasteiger partial charge is 0.244 e. The lowest BCUT2D eigenvalue weighted by atomic mass is 10.0. The molecule has 1 N–H and O–H groups in total. The molecule has 0 spiro atoms. The molecule has 0 saturated heterocycles. The molecule has 0 unspecified atom stereocenters. The van der Waals surface area contributed by atoms with E-state index in [9.17, 15) is 8.42 Å². The summed E-state index contributed by atoms with van der Waals surface area (Å²) < 4.78 is 33.6. The zero-order chi connectivity index (χ0) is 17.0. The number of hydrogen-bond acceptors (Lipinski definition) is 3. The van der Waals surface area contributed by atoms with Crippen LogP contribution in [-0.4, -0.2) is 15.5 Å². The molecular formula is C18H23NO3S. The molecule has 0 fully saturated rings. The minimum absolute atomic E-state index is 0.172. The Bertz CT molecular complexity index is 767. The molecule has 0 heterocycles. The van der Waals surface area contributed by atoms with Gasteiger partial charge in [0, 0.05) is 6.04 Å². The fourth-order valence-corrected chi connectivity index (χ4v) is 3.99. The molecule has 4 nitrogen and oxygen atoms in total. The summed E-state index contributed by atoms with van der Waals surface area (Å²) in [5.74, 6) is 0.349. The second-order valence-corrected chi connectivity index (χ2v) is 7.33. The molecule has 0 aliphatic heterocycles. The van der Waals surface area contributed by atoms with Crippen LogP contribution in [0.25, 0.3) is 0 Å². The van der Waals surface area contributed by atoms with Crippen molar-refractivity contribution in [3.63, 3.8) is 0 Å². The number of aryl methyl sites for hydroxylation is 2. The van der Waals surface area contributed by atoms with E-state index in [-0.39, 0.29) is 10.9 Å². The summed E-state index contributed by atoms with van der Waals surface area (Å²) in [5.41, 5.74) is 2.97. The predicted octanol–water partition coefficient (Wildman–Crippen LogP) is 3.74. The van der Waals surface area contributed by atoms with Gasteiger partial charge in [0.05, 0.1) is 7.11 Å². The molecule has 23 heavy (non-hydrogen) atoms. The molecule has 124 valence electrons. The SMILES string of the molecule is CC[C@H](NS(=O)(=O)c1cc(C)ccc1OC)c1ccc(C)cc1. The monoisotopic (exact) mass is 333 g/mol. The topological polar surface area (TPSA) is 55.4 Å². The van der Waals surface area contributed by atoms with E-state index in [1.54, 1.807) is 12.1 Å². The Hall–Kier alpha value is -1.85. The predicted molar refractivity (Wildman–Crippen MR) is 92.3 cm³/mol. The molecule has 0 aliphatic carbocycles. The quantitative estimate of drug-likeness (QED) is 0.876. The van der Waals surface area contributed by atoms with Crippen molar-refractivity contribution in [1.29, 1.82) is 0 Å². The molecule has 0 saturated carbocycles. The van der Waals surface area contributed by atoms with Gasteiger partial charge in [0.2, 0.25) is 10.0 Å². The van der Waals surface area contributed by atoms with Gasteiger partial charge >= 0.3 is 0 Å². The molecule has 2 rings (SSSR count). The summed E-state index contributed by atoms with van der Waals surface area (Å²) in [7, 11) is -2.20. The number of sulfonamides is 1. The molecule has 0 amide bonds. The number of hydrogen-bond donors (Lipinski definition) is 1. The van der Waals surface area contributed by atoms with Gasteiger partial charge in [0.15, 0.2) is 0 Å². The second-order valence-electron chi connectivity index (χ2n) is 5.65. The maximum atomic E-state index is 12.8. The van der Waals surface area contributed by atoms with Crippen molar-refractivity contribution in [2.75, 3.05) is 7.11 Å². The Morgan fingerprint density at radius 3 is 2.22 bits per heavy atom. The van der Waals surface area contributed by atoms with Crippen molar-refractivity contribution in [3.05, 3.63) is 59.2 Å². The maximum Gasteiger partial charge on any atom is 0.244 e. The van der Waals surface area contributed by atoms with Gasteiger partial charge < -0.3 is 4.74 Å². The van der Waals surface area contributed by atoms with Crippen LogP contribution in [0.1, 0.15) is 36.1 Å². The minimum Gasteiger partial charge on any atom is -0.495 e. The Morgan fingerprint density at radius 1 is 1.04 bits per heavy atom. The van der Waals surface area contributed by atoms with Gasteiger partial charge in [0.1, 0.15) is 10.6 Å². The average Bonchev–Trinajstić information content (AvgIpc) is 2.53. The normalized spacial score (nSPS) is 12.9. The summed E-state index contributed by atoms with van der Waals surface area (Å²) in [6, 6.07) is 12.7. The summed E-state index contributed by atoms with van der Waals surface area (Å²) in [5, 5.41) is 0. The largest absolute Gasteiger partial charge is 0.495 e. The van der Waals surface area contributed by atoms with Gasteiger partial charge in [-0.3, -0.25) is 0 Å². The Labute approximate surface area is 138 Å². The Kier molecular flexibility index (Phi) is 5.44. The van der Waals surface area contributed by atoms with Crippen molar-refractivity contribution in [1.82, 2.24) is 4.72 Å². The molecule has 2 aromatic rings. The van der Waals surface area contributed by atoms with E-state index in [2.05, 4.69) is 4.72 Å². The van der Waals surface area contributed by atoms with E-state index in [0.717, 1.165) is 16.7 Å². The minimum atomic E-state index is -3.67. The van der Waals surface area contributed by atoms with Crippen LogP contribution < -0.4 is 9.46 Å². The molecule has 0 aromatic heterocycles. The lowest BCUT2D eigenvalue weighted by Gasteiger charge is -2.19. The lowest BCUT2D eigenvalue weighted by Crippen LogP contribution is -2.28. The molecule has 5 heteroatoms. The van der Waals surface area contributed by atoms with E-state index in [4.69, 9.17) is 4.74 Å². The van der Waals surface area contributed by atoms with Crippen molar-refractivity contribution in [2.24, 2.45) is 0 Å². The highest BCUT2D eigenvalue weighted by molar-refractivity contribution is 7.89. The Balaban J connectivity index is 2.36. The highest BCUT2D eigenvalue weighted by Gasteiger charge is 2.23. The standard InChI is InChI=1S/C18H23NO3S/c1-5-16(15-9-6-13(2)7-10-15)19-23(20,21)18-12-14(3)8-11-17(18)22-4/h6-12,16,19H,5H2,1-4H3/t16-/m0/s1. The van der Waals surface area contributed by atoms with Gasteiger partial charge in [-0.2, -0.15) is 0 Å². The third-order valence-corrected chi connectivity index (χ3v) is 5.29. The fraction of sp³-hybridized carbons (Fsp3) is 0.333. The number of nitrogens with one attached hydrogen (secondary N) is 1. The van der Waals surface area contributed by atoms with Crippen LogP contribution in [0.3, 0.4) is 0 Å². The molecule has 0 aliphatic rings. The zero-order valence-electron chi connectivity index (χ0n) is 14.0. The van der Waals surface area contributed by atoms with Gasteiger partial charge in [-0.25, -0.2) is 13.1 Å². The van der Waals surface area contributed by atoms with Crippen LogP contribution >= 0.6 is 0 Å². The van der Waals surface area contributed by atoms with Crippen LogP contribution in [0.2, 0.25) is 0 Å². The first-order valence-corrected chi connectivity index (χ1v) is 9.09. The van der Waals surface area contributed by atoms with Gasteiger partial charge in [-0.1, -0.05) is 42.8 Å². The van der Waals surface area contributed by atoms with Crippen molar-refractivity contribution in [3.8, 4) is 5.75 Å². The van der Waals surface area contributed by atoms with Crippen molar-refractivity contribution < 1.29 is 13.2 Å². The second kappa shape index (κ2) is 7.15. The first-order chi connectivity index (χ1) is 10.9.